The molecule has 5 nitrogen and oxygen atoms in total. The quantitative estimate of drug-likeness (QED) is 0.550. The molecule has 0 spiro atoms. The monoisotopic (exact) mass is 423 g/mol. The molecule has 0 fully saturated rings. The number of thiophene rings is 1. The number of anilines is 1. The molecule has 29 heavy (non-hydrogen) atoms. The van der Waals surface area contributed by atoms with Gasteiger partial charge in [0.05, 0.1) is 5.56 Å². The number of primary amides is 1. The number of fused-ring (bicyclic) bond motifs is 2. The van der Waals surface area contributed by atoms with Crippen LogP contribution in [0.4, 0.5) is 5.00 Å². The number of benzene rings is 2. The minimum atomic E-state index is -0.469. The second-order valence-electron chi connectivity index (χ2n) is 7.39. The van der Waals surface area contributed by atoms with E-state index in [-0.39, 0.29) is 11.0 Å². The Labute approximate surface area is 178 Å². The van der Waals surface area contributed by atoms with Gasteiger partial charge in [0.25, 0.3) is 11.8 Å². The lowest BCUT2D eigenvalue weighted by molar-refractivity contribution is 0.0975. The molecule has 4 rings (SSSR count). The van der Waals surface area contributed by atoms with Crippen LogP contribution in [0, 0.1) is 5.92 Å². The lowest BCUT2D eigenvalue weighted by Crippen LogP contribution is -2.34. The second kappa shape index (κ2) is 7.93. The second-order valence-corrected chi connectivity index (χ2v) is 8.90. The summed E-state index contributed by atoms with van der Waals surface area (Å²) in [5.41, 5.74) is 7.67. The highest BCUT2D eigenvalue weighted by Crippen LogP contribution is 2.39. The summed E-state index contributed by atoms with van der Waals surface area (Å²) in [5.74, 6) is -0.193. The lowest BCUT2D eigenvalue weighted by Gasteiger charge is -2.18. The molecule has 7 heteroatoms. The van der Waals surface area contributed by atoms with E-state index in [2.05, 4.69) is 17.6 Å². The van der Waals surface area contributed by atoms with E-state index < -0.39 is 5.91 Å². The molecule has 0 radical (unpaired) electrons. The molecular formula is C22H21N3O2S2. The van der Waals surface area contributed by atoms with Crippen molar-refractivity contribution in [1.29, 1.82) is 0 Å². The van der Waals surface area contributed by atoms with Crippen molar-refractivity contribution in [3.63, 3.8) is 0 Å². The van der Waals surface area contributed by atoms with E-state index in [0.717, 1.165) is 35.6 Å². The largest absolute Gasteiger partial charge is 0.365 e. The summed E-state index contributed by atoms with van der Waals surface area (Å²) >= 11 is 6.83. The minimum absolute atomic E-state index is 0.150. The Morgan fingerprint density at radius 3 is 2.69 bits per heavy atom. The summed E-state index contributed by atoms with van der Waals surface area (Å²) < 4.78 is 0. The van der Waals surface area contributed by atoms with Crippen LogP contribution in [0.3, 0.4) is 0 Å². The van der Waals surface area contributed by atoms with Gasteiger partial charge in [-0.1, -0.05) is 37.3 Å². The van der Waals surface area contributed by atoms with Crippen LogP contribution in [0.15, 0.2) is 42.5 Å². The van der Waals surface area contributed by atoms with E-state index in [4.69, 9.17) is 18.0 Å². The number of carbonyl (C=O) groups excluding carboxylic acids is 2. The Bertz CT molecular complexity index is 1140. The Morgan fingerprint density at radius 1 is 1.17 bits per heavy atom. The number of rotatable bonds is 3. The van der Waals surface area contributed by atoms with Crippen LogP contribution in [0.1, 0.15) is 44.5 Å². The molecule has 0 aliphatic heterocycles. The average Bonchev–Trinajstić information content (AvgIpc) is 3.04. The summed E-state index contributed by atoms with van der Waals surface area (Å²) in [7, 11) is 0. The maximum atomic E-state index is 12.6. The van der Waals surface area contributed by atoms with Gasteiger partial charge in [-0.05, 0) is 65.9 Å². The molecule has 1 heterocycles. The van der Waals surface area contributed by atoms with Gasteiger partial charge in [-0.2, -0.15) is 0 Å². The highest BCUT2D eigenvalue weighted by molar-refractivity contribution is 7.80. The van der Waals surface area contributed by atoms with Crippen LogP contribution in [-0.4, -0.2) is 16.9 Å². The van der Waals surface area contributed by atoms with Crippen molar-refractivity contribution in [3.05, 3.63) is 64.0 Å². The molecule has 1 aliphatic carbocycles. The van der Waals surface area contributed by atoms with Gasteiger partial charge in [0, 0.05) is 10.4 Å². The van der Waals surface area contributed by atoms with E-state index in [1.54, 1.807) is 6.07 Å². The van der Waals surface area contributed by atoms with Crippen molar-refractivity contribution in [1.82, 2.24) is 5.32 Å². The highest BCUT2D eigenvalue weighted by atomic mass is 32.1. The van der Waals surface area contributed by atoms with Crippen molar-refractivity contribution in [2.24, 2.45) is 11.7 Å². The first-order chi connectivity index (χ1) is 13.9. The minimum Gasteiger partial charge on any atom is -0.365 e. The predicted octanol–water partition coefficient (Wildman–Crippen LogP) is 4.25. The van der Waals surface area contributed by atoms with Crippen molar-refractivity contribution in [2.45, 2.75) is 26.2 Å². The van der Waals surface area contributed by atoms with Gasteiger partial charge in [0.2, 0.25) is 0 Å². The molecule has 1 atom stereocenters. The summed E-state index contributed by atoms with van der Waals surface area (Å²) in [6.07, 6.45) is 2.80. The van der Waals surface area contributed by atoms with Crippen molar-refractivity contribution < 1.29 is 9.59 Å². The third-order valence-electron chi connectivity index (χ3n) is 5.22. The van der Waals surface area contributed by atoms with Crippen LogP contribution >= 0.6 is 23.6 Å². The van der Waals surface area contributed by atoms with Gasteiger partial charge in [-0.25, -0.2) is 0 Å². The third-order valence-corrected chi connectivity index (χ3v) is 6.60. The third kappa shape index (κ3) is 4.02. The van der Waals surface area contributed by atoms with Crippen molar-refractivity contribution in [3.8, 4) is 0 Å². The summed E-state index contributed by atoms with van der Waals surface area (Å²) in [6, 6.07) is 13.3. The van der Waals surface area contributed by atoms with E-state index in [9.17, 15) is 9.59 Å². The van der Waals surface area contributed by atoms with Crippen molar-refractivity contribution in [2.75, 3.05) is 5.32 Å². The number of amides is 2. The first-order valence-corrected chi connectivity index (χ1v) is 10.7. The molecule has 3 aromatic rings. The fourth-order valence-electron chi connectivity index (χ4n) is 3.74. The topological polar surface area (TPSA) is 84.2 Å². The Morgan fingerprint density at radius 2 is 1.93 bits per heavy atom. The normalized spacial score (nSPS) is 15.6. The van der Waals surface area contributed by atoms with Crippen LogP contribution in [-0.2, 0) is 12.8 Å². The highest BCUT2D eigenvalue weighted by Gasteiger charge is 2.27. The Hall–Kier alpha value is -2.77. The van der Waals surface area contributed by atoms with Gasteiger partial charge in [0.15, 0.2) is 5.11 Å². The summed E-state index contributed by atoms with van der Waals surface area (Å²) in [4.78, 5) is 25.8. The zero-order valence-electron chi connectivity index (χ0n) is 16.0. The smallest absolute Gasteiger partial charge is 0.257 e. The Kier molecular flexibility index (Phi) is 5.34. The SMILES string of the molecule is C[C@@H]1CCc2c(sc(NC(=S)NC(=O)c3ccc4ccccc4c3)c2C(N)=O)C1. The predicted molar refractivity (Wildman–Crippen MR) is 122 cm³/mol. The van der Waals surface area contributed by atoms with Crippen LogP contribution < -0.4 is 16.4 Å². The van der Waals surface area contributed by atoms with E-state index in [1.165, 1.54) is 16.2 Å². The number of hydrogen-bond donors (Lipinski definition) is 3. The van der Waals surface area contributed by atoms with Gasteiger partial charge in [-0.15, -0.1) is 11.3 Å². The number of carbonyl (C=O) groups is 2. The number of nitrogens with one attached hydrogen (secondary N) is 2. The molecule has 148 valence electrons. The zero-order valence-corrected chi connectivity index (χ0v) is 17.6. The maximum Gasteiger partial charge on any atom is 0.257 e. The molecule has 0 saturated heterocycles. The first kappa shape index (κ1) is 19.5. The molecule has 1 aliphatic rings. The van der Waals surface area contributed by atoms with Crippen LogP contribution in [0.5, 0.6) is 0 Å². The number of thiocarbonyl (C=S) groups is 1. The first-order valence-electron chi connectivity index (χ1n) is 9.48. The fraction of sp³-hybridized carbons (Fsp3) is 0.227. The average molecular weight is 424 g/mol. The standard InChI is InChI=1S/C22H21N3O2S2/c1-12-6-9-16-17(10-12)29-21(18(16)19(23)26)25-22(28)24-20(27)15-8-7-13-4-2-3-5-14(13)11-15/h2-5,7-8,11-12H,6,9-10H2,1H3,(H2,23,26)(H2,24,25,27,28)/t12-/m1/s1. The zero-order chi connectivity index (χ0) is 20.5. The van der Waals surface area contributed by atoms with E-state index in [0.29, 0.717) is 22.0 Å². The molecule has 0 saturated carbocycles. The molecule has 2 aromatic carbocycles. The molecule has 0 unspecified atom stereocenters. The lowest BCUT2D eigenvalue weighted by atomic mass is 9.88. The molecule has 2 amide bonds. The van der Waals surface area contributed by atoms with Crippen LogP contribution in [0.2, 0.25) is 0 Å². The van der Waals surface area contributed by atoms with E-state index in [1.807, 2.05) is 36.4 Å². The van der Waals surface area contributed by atoms with E-state index >= 15 is 0 Å². The van der Waals surface area contributed by atoms with Crippen LogP contribution in [0.25, 0.3) is 10.8 Å². The summed E-state index contributed by atoms with van der Waals surface area (Å²) in [6.45, 7) is 2.20. The van der Waals surface area contributed by atoms with Crippen molar-refractivity contribution >= 4 is 56.3 Å². The molecule has 4 N–H and O–H groups in total. The maximum absolute atomic E-state index is 12.6. The Balaban J connectivity index is 1.52. The summed E-state index contributed by atoms with van der Waals surface area (Å²) in [5, 5.41) is 8.53. The number of nitrogens with two attached hydrogens (primary N) is 1. The molecular weight excluding hydrogens is 402 g/mol. The van der Waals surface area contributed by atoms with Gasteiger partial charge >= 0.3 is 0 Å². The number of hydrogen-bond acceptors (Lipinski definition) is 4. The molecule has 1 aromatic heterocycles. The fourth-order valence-corrected chi connectivity index (χ4v) is 5.42. The van der Waals surface area contributed by atoms with Gasteiger partial charge in [0.1, 0.15) is 5.00 Å². The van der Waals surface area contributed by atoms with Gasteiger partial charge in [-0.3, -0.25) is 14.9 Å². The van der Waals surface area contributed by atoms with Gasteiger partial charge < -0.3 is 11.1 Å². The molecule has 0 bridgehead atoms.